The number of nitrogens with one attached hydrogen (secondary N) is 2. The van der Waals surface area contributed by atoms with Crippen LogP contribution < -0.4 is 10.6 Å². The number of amides is 1. The average Bonchev–Trinajstić information content (AvgIpc) is 3.02. The highest BCUT2D eigenvalue weighted by molar-refractivity contribution is 5.87. The van der Waals surface area contributed by atoms with Crippen LogP contribution in [-0.2, 0) is 31.3 Å². The Labute approximate surface area is 143 Å². The summed E-state index contributed by atoms with van der Waals surface area (Å²) in [4.78, 5) is 11.8. The van der Waals surface area contributed by atoms with E-state index in [4.69, 9.17) is 4.74 Å². The van der Waals surface area contributed by atoms with Gasteiger partial charge in [0.15, 0.2) is 0 Å². The molecule has 0 aliphatic carbocycles. The summed E-state index contributed by atoms with van der Waals surface area (Å²) < 4.78 is 7.54. The molecule has 0 spiro atoms. The van der Waals surface area contributed by atoms with E-state index in [1.807, 2.05) is 20.8 Å². The van der Waals surface area contributed by atoms with Gasteiger partial charge in [-0.25, -0.2) is 4.79 Å². The Hall–Kier alpha value is -2.01. The Morgan fingerprint density at radius 3 is 2.62 bits per heavy atom. The summed E-state index contributed by atoms with van der Waals surface area (Å²) in [6, 6.07) is 4.60. The number of carbonyl (C=O) groups excluding carboxylic acids is 1. The maximum absolute atomic E-state index is 11.8. The van der Waals surface area contributed by atoms with E-state index in [0.29, 0.717) is 6.54 Å². The first-order chi connectivity index (χ1) is 11.3. The zero-order chi connectivity index (χ0) is 17.5. The third-order valence-corrected chi connectivity index (χ3v) is 4.62. The number of hydrogen-bond acceptors (Lipinski definition) is 3. The van der Waals surface area contributed by atoms with E-state index in [2.05, 4.69) is 41.3 Å². The fourth-order valence-electron chi connectivity index (χ4n) is 3.35. The average molecular weight is 329 g/mol. The van der Waals surface area contributed by atoms with Crippen molar-refractivity contribution in [3.05, 3.63) is 34.5 Å². The predicted octanol–water partition coefficient (Wildman–Crippen LogP) is 3.16. The van der Waals surface area contributed by atoms with E-state index in [-0.39, 0.29) is 6.09 Å². The van der Waals surface area contributed by atoms with E-state index in [1.165, 1.54) is 33.3 Å². The third-order valence-electron chi connectivity index (χ3n) is 4.62. The van der Waals surface area contributed by atoms with Gasteiger partial charge in [-0.2, -0.15) is 0 Å². The number of nitrogens with zero attached hydrogens (tertiary/aromatic N) is 1. The van der Waals surface area contributed by atoms with Gasteiger partial charge in [0, 0.05) is 43.3 Å². The van der Waals surface area contributed by atoms with Crippen LogP contribution in [0.1, 0.15) is 43.2 Å². The van der Waals surface area contributed by atoms with Crippen molar-refractivity contribution in [2.24, 2.45) is 7.05 Å². The van der Waals surface area contributed by atoms with Crippen molar-refractivity contribution < 1.29 is 9.53 Å². The first kappa shape index (κ1) is 16.8. The maximum atomic E-state index is 11.8. The molecule has 0 saturated carbocycles. The molecule has 0 atom stereocenters. The van der Waals surface area contributed by atoms with Crippen LogP contribution in [0.4, 0.5) is 4.79 Å². The molecule has 24 heavy (non-hydrogen) atoms. The van der Waals surface area contributed by atoms with E-state index >= 15 is 0 Å². The van der Waals surface area contributed by atoms with Crippen LogP contribution in [0.5, 0.6) is 0 Å². The Kier molecular flexibility index (Phi) is 4.30. The molecule has 1 aliphatic heterocycles. The number of benzene rings is 1. The third kappa shape index (κ3) is 3.26. The summed E-state index contributed by atoms with van der Waals surface area (Å²) in [5, 5.41) is 7.56. The number of aryl methyl sites for hydroxylation is 1. The normalized spacial score (nSPS) is 14.0. The molecule has 0 unspecified atom stereocenters. The van der Waals surface area contributed by atoms with Crippen LogP contribution in [0, 0.1) is 6.92 Å². The van der Waals surface area contributed by atoms with Crippen LogP contribution in [-0.4, -0.2) is 22.8 Å². The van der Waals surface area contributed by atoms with Crippen LogP contribution >= 0.6 is 0 Å². The molecule has 130 valence electrons. The molecule has 1 aromatic carbocycles. The van der Waals surface area contributed by atoms with Crippen molar-refractivity contribution in [3.8, 4) is 0 Å². The maximum Gasteiger partial charge on any atom is 0.407 e. The summed E-state index contributed by atoms with van der Waals surface area (Å²) in [6.45, 7) is 10.2. The van der Waals surface area contributed by atoms with Crippen LogP contribution in [0.2, 0.25) is 0 Å². The van der Waals surface area contributed by atoms with Gasteiger partial charge in [0.2, 0.25) is 0 Å². The minimum Gasteiger partial charge on any atom is -0.444 e. The molecule has 1 amide bonds. The molecule has 0 bridgehead atoms. The molecule has 2 aromatic rings. The lowest BCUT2D eigenvalue weighted by Gasteiger charge is -2.19. The summed E-state index contributed by atoms with van der Waals surface area (Å²) in [5.74, 6) is 0. The minimum atomic E-state index is -0.465. The van der Waals surface area contributed by atoms with Gasteiger partial charge in [-0.1, -0.05) is 0 Å². The summed E-state index contributed by atoms with van der Waals surface area (Å²) in [6.07, 6.45) is 0.444. The Balaban J connectivity index is 1.77. The molecule has 2 N–H and O–H groups in total. The molecule has 5 heteroatoms. The fraction of sp³-hybridized carbons (Fsp3) is 0.526. The zero-order valence-corrected chi connectivity index (χ0v) is 15.2. The van der Waals surface area contributed by atoms with Gasteiger partial charge < -0.3 is 19.9 Å². The van der Waals surface area contributed by atoms with Gasteiger partial charge in [-0.15, -0.1) is 0 Å². The fourth-order valence-corrected chi connectivity index (χ4v) is 3.35. The van der Waals surface area contributed by atoms with Gasteiger partial charge in [0.05, 0.1) is 0 Å². The van der Waals surface area contributed by atoms with E-state index in [1.54, 1.807) is 0 Å². The highest BCUT2D eigenvalue weighted by atomic mass is 16.6. The molecular formula is C19H27N3O2. The lowest BCUT2D eigenvalue weighted by atomic mass is 10.0. The monoisotopic (exact) mass is 329 g/mol. The second kappa shape index (κ2) is 6.13. The first-order valence-electron chi connectivity index (χ1n) is 8.53. The summed E-state index contributed by atoms with van der Waals surface area (Å²) >= 11 is 0. The van der Waals surface area contributed by atoms with E-state index < -0.39 is 5.60 Å². The van der Waals surface area contributed by atoms with Crippen LogP contribution in [0.15, 0.2) is 12.1 Å². The van der Waals surface area contributed by atoms with Gasteiger partial charge in [0.25, 0.3) is 0 Å². The molecule has 0 saturated heterocycles. The van der Waals surface area contributed by atoms with Gasteiger partial charge in [-0.3, -0.25) is 0 Å². The van der Waals surface area contributed by atoms with Crippen molar-refractivity contribution in [1.82, 2.24) is 15.2 Å². The Morgan fingerprint density at radius 1 is 1.29 bits per heavy atom. The topological polar surface area (TPSA) is 55.3 Å². The summed E-state index contributed by atoms with van der Waals surface area (Å²) in [5.41, 5.74) is 6.14. The molecular weight excluding hydrogens is 302 g/mol. The van der Waals surface area contributed by atoms with E-state index in [0.717, 1.165) is 19.5 Å². The van der Waals surface area contributed by atoms with Crippen molar-refractivity contribution >= 4 is 17.0 Å². The van der Waals surface area contributed by atoms with Gasteiger partial charge in [0.1, 0.15) is 5.60 Å². The Bertz CT molecular complexity index is 784. The Morgan fingerprint density at radius 2 is 1.96 bits per heavy atom. The number of rotatable bonds is 3. The molecule has 5 nitrogen and oxygen atoms in total. The molecule has 1 aliphatic rings. The second-order valence-electron chi connectivity index (χ2n) is 7.54. The predicted molar refractivity (Wildman–Crippen MR) is 96.1 cm³/mol. The SMILES string of the molecule is Cc1c(CCNC(=O)OC(C)(C)C)c2cc3c(cc2n1C)CNC3. The molecule has 2 heterocycles. The lowest BCUT2D eigenvalue weighted by Crippen LogP contribution is -2.33. The molecule has 3 rings (SSSR count). The van der Waals surface area contributed by atoms with Gasteiger partial charge in [-0.05, 0) is 62.9 Å². The minimum absolute atomic E-state index is 0.356. The van der Waals surface area contributed by atoms with Crippen LogP contribution in [0.3, 0.4) is 0 Å². The lowest BCUT2D eigenvalue weighted by molar-refractivity contribution is 0.0528. The van der Waals surface area contributed by atoms with Crippen LogP contribution in [0.25, 0.3) is 10.9 Å². The van der Waals surface area contributed by atoms with Gasteiger partial charge >= 0.3 is 6.09 Å². The van der Waals surface area contributed by atoms with Crippen molar-refractivity contribution in [1.29, 1.82) is 0 Å². The van der Waals surface area contributed by atoms with Crippen molar-refractivity contribution in [2.75, 3.05) is 6.54 Å². The second-order valence-corrected chi connectivity index (χ2v) is 7.54. The zero-order valence-electron chi connectivity index (χ0n) is 15.2. The summed E-state index contributed by atoms with van der Waals surface area (Å²) in [7, 11) is 2.11. The van der Waals surface area contributed by atoms with E-state index in [9.17, 15) is 4.79 Å². The molecule has 1 aromatic heterocycles. The number of fused-ring (bicyclic) bond motifs is 2. The van der Waals surface area contributed by atoms with Crippen molar-refractivity contribution in [3.63, 3.8) is 0 Å². The highest BCUT2D eigenvalue weighted by Crippen LogP contribution is 2.30. The molecule has 0 radical (unpaired) electrons. The number of aromatic nitrogens is 1. The number of alkyl carbamates (subject to hydrolysis) is 1. The number of ether oxygens (including phenoxy) is 1. The highest BCUT2D eigenvalue weighted by Gasteiger charge is 2.19. The number of carbonyl (C=O) groups is 1. The largest absolute Gasteiger partial charge is 0.444 e. The standard InChI is InChI=1S/C19H27N3O2/c1-12-15(6-7-21-18(23)24-19(2,3)4)16-8-13-10-20-11-14(13)9-17(16)22(12)5/h8-9,20H,6-7,10-11H2,1-5H3,(H,21,23). The number of hydrogen-bond donors (Lipinski definition) is 2. The quantitative estimate of drug-likeness (QED) is 0.909. The van der Waals surface area contributed by atoms with Crippen molar-refractivity contribution in [2.45, 2.75) is 52.8 Å². The molecule has 0 fully saturated rings. The first-order valence-corrected chi connectivity index (χ1v) is 8.53. The smallest absolute Gasteiger partial charge is 0.407 e.